The minimum atomic E-state index is -0.0272. The van der Waals surface area contributed by atoms with Gasteiger partial charge in [-0.1, -0.05) is 52.3 Å². The highest BCUT2D eigenvalue weighted by Crippen LogP contribution is 2.11. The van der Waals surface area contributed by atoms with Crippen LogP contribution in [0, 0.1) is 0 Å². The topological polar surface area (TPSA) is 33.5 Å². The molecule has 2 rings (SSSR count). The Morgan fingerprint density at radius 2 is 1.86 bits per heavy atom. The minimum absolute atomic E-state index is 0.0272. The fraction of sp³-hybridized carbons (Fsp3) is 0.278. The molecule has 0 aliphatic rings. The van der Waals surface area contributed by atoms with E-state index >= 15 is 0 Å². The van der Waals surface area contributed by atoms with E-state index in [4.69, 9.17) is 0 Å². The predicted octanol–water partition coefficient (Wildman–Crippen LogP) is 1.93. The number of amides is 1. The number of hydrogen-bond donors (Lipinski definition) is 2. The maximum absolute atomic E-state index is 12.2. The van der Waals surface area contributed by atoms with Gasteiger partial charge in [0, 0.05) is 16.5 Å². The fourth-order valence-electron chi connectivity index (χ4n) is 2.33. The van der Waals surface area contributed by atoms with Crippen molar-refractivity contribution in [2.75, 3.05) is 20.6 Å². The monoisotopic (exact) mass is 361 g/mol. The Kier molecular flexibility index (Phi) is 6.16. The Hall–Kier alpha value is -1.65. The summed E-state index contributed by atoms with van der Waals surface area (Å²) in [6.45, 7) is 0.655. The van der Waals surface area contributed by atoms with Gasteiger partial charge in [-0.25, -0.2) is 0 Å². The lowest BCUT2D eigenvalue weighted by Gasteiger charge is -2.22. The number of quaternary nitrogens is 1. The number of halogens is 1. The number of carbonyl (C=O) groups is 1. The third-order valence-corrected chi connectivity index (χ3v) is 4.23. The molecule has 1 amide bonds. The second-order valence-corrected chi connectivity index (χ2v) is 6.60. The van der Waals surface area contributed by atoms with Crippen LogP contribution in [0.1, 0.15) is 15.9 Å². The van der Waals surface area contributed by atoms with Crippen LogP contribution in [0.5, 0.6) is 0 Å². The van der Waals surface area contributed by atoms with Gasteiger partial charge in [0.15, 0.2) is 0 Å². The highest BCUT2D eigenvalue weighted by atomic mass is 79.9. The SMILES string of the molecule is C[NH+](C)[C@@H](CNC(=O)c1cccc(Br)c1)Cc1ccccc1. The summed E-state index contributed by atoms with van der Waals surface area (Å²) in [6, 6.07) is 18.2. The Balaban J connectivity index is 1.96. The van der Waals surface area contributed by atoms with E-state index in [9.17, 15) is 4.79 Å². The zero-order valence-corrected chi connectivity index (χ0v) is 14.6. The van der Waals surface area contributed by atoms with Crippen LogP contribution in [0.2, 0.25) is 0 Å². The normalized spacial score (nSPS) is 12.2. The molecular weight excluding hydrogens is 340 g/mol. The highest BCUT2D eigenvalue weighted by molar-refractivity contribution is 9.10. The first kappa shape index (κ1) is 16.7. The maximum Gasteiger partial charge on any atom is 0.251 e. The molecular formula is C18H22BrN2O+. The van der Waals surface area contributed by atoms with Crippen molar-refractivity contribution in [3.8, 4) is 0 Å². The Bertz CT molecular complexity index is 613. The summed E-state index contributed by atoms with van der Waals surface area (Å²) in [4.78, 5) is 13.6. The van der Waals surface area contributed by atoms with Gasteiger partial charge in [0.1, 0.15) is 6.04 Å². The van der Waals surface area contributed by atoms with E-state index in [1.807, 2.05) is 30.3 Å². The van der Waals surface area contributed by atoms with E-state index in [1.165, 1.54) is 10.5 Å². The maximum atomic E-state index is 12.2. The molecule has 0 bridgehead atoms. The largest absolute Gasteiger partial charge is 0.346 e. The van der Waals surface area contributed by atoms with Crippen molar-refractivity contribution in [2.45, 2.75) is 12.5 Å². The van der Waals surface area contributed by atoms with Crippen molar-refractivity contribution in [3.63, 3.8) is 0 Å². The van der Waals surface area contributed by atoms with Gasteiger partial charge < -0.3 is 10.2 Å². The molecule has 0 fully saturated rings. The molecule has 4 heteroatoms. The summed E-state index contributed by atoms with van der Waals surface area (Å²) in [5.74, 6) is -0.0272. The van der Waals surface area contributed by atoms with Crippen LogP contribution in [-0.4, -0.2) is 32.6 Å². The smallest absolute Gasteiger partial charge is 0.251 e. The van der Waals surface area contributed by atoms with Crippen LogP contribution in [0.3, 0.4) is 0 Å². The van der Waals surface area contributed by atoms with Crippen molar-refractivity contribution in [2.24, 2.45) is 0 Å². The third-order valence-electron chi connectivity index (χ3n) is 3.74. The van der Waals surface area contributed by atoms with Crippen LogP contribution in [0.25, 0.3) is 0 Å². The average Bonchev–Trinajstić information content (AvgIpc) is 2.51. The molecule has 0 saturated heterocycles. The first-order valence-corrected chi connectivity index (χ1v) is 8.23. The molecule has 1 atom stereocenters. The molecule has 3 nitrogen and oxygen atoms in total. The molecule has 2 N–H and O–H groups in total. The van der Waals surface area contributed by atoms with Crippen molar-refractivity contribution >= 4 is 21.8 Å². The summed E-state index contributed by atoms with van der Waals surface area (Å²) >= 11 is 3.39. The van der Waals surface area contributed by atoms with Crippen molar-refractivity contribution < 1.29 is 9.69 Å². The molecule has 0 unspecified atom stereocenters. The Morgan fingerprint density at radius 3 is 2.50 bits per heavy atom. The van der Waals surface area contributed by atoms with Crippen molar-refractivity contribution in [1.29, 1.82) is 0 Å². The second kappa shape index (κ2) is 8.11. The lowest BCUT2D eigenvalue weighted by Crippen LogP contribution is -3.11. The molecule has 0 radical (unpaired) electrons. The van der Waals surface area contributed by atoms with E-state index in [-0.39, 0.29) is 5.91 Å². The predicted molar refractivity (Wildman–Crippen MR) is 93.2 cm³/mol. The van der Waals surface area contributed by atoms with Crippen molar-refractivity contribution in [1.82, 2.24) is 5.32 Å². The summed E-state index contributed by atoms with van der Waals surface area (Å²) in [6.07, 6.45) is 0.946. The van der Waals surface area contributed by atoms with Gasteiger partial charge in [-0.3, -0.25) is 4.79 Å². The standard InChI is InChI=1S/C18H21BrN2O/c1-21(2)17(11-14-7-4-3-5-8-14)13-20-18(22)15-9-6-10-16(19)12-15/h3-10,12,17H,11,13H2,1-2H3,(H,20,22)/p+1/t17-/m1/s1. The number of rotatable bonds is 6. The second-order valence-electron chi connectivity index (χ2n) is 5.68. The van der Waals surface area contributed by atoms with E-state index in [0.29, 0.717) is 18.2 Å². The first-order valence-electron chi connectivity index (χ1n) is 7.44. The van der Waals surface area contributed by atoms with E-state index in [1.54, 1.807) is 0 Å². The zero-order chi connectivity index (χ0) is 15.9. The molecule has 116 valence electrons. The average molecular weight is 362 g/mol. The summed E-state index contributed by atoms with van der Waals surface area (Å²) in [5.41, 5.74) is 1.98. The summed E-state index contributed by atoms with van der Waals surface area (Å²) in [7, 11) is 4.25. The number of nitrogens with one attached hydrogen (secondary N) is 2. The number of benzene rings is 2. The van der Waals surface area contributed by atoms with Gasteiger partial charge in [0.05, 0.1) is 20.6 Å². The minimum Gasteiger partial charge on any atom is -0.346 e. The number of likely N-dealkylation sites (N-methyl/N-ethyl adjacent to an activating group) is 1. The molecule has 22 heavy (non-hydrogen) atoms. The highest BCUT2D eigenvalue weighted by Gasteiger charge is 2.17. The first-order chi connectivity index (χ1) is 10.6. The lowest BCUT2D eigenvalue weighted by molar-refractivity contribution is -0.884. The van der Waals surface area contributed by atoms with E-state index in [0.717, 1.165) is 10.9 Å². The molecule has 0 aromatic heterocycles. The Labute approximate surface area is 140 Å². The van der Waals surface area contributed by atoms with Gasteiger partial charge in [-0.2, -0.15) is 0 Å². The van der Waals surface area contributed by atoms with Crippen LogP contribution in [0.4, 0.5) is 0 Å². The Morgan fingerprint density at radius 1 is 1.14 bits per heavy atom. The van der Waals surface area contributed by atoms with E-state index < -0.39 is 0 Å². The number of hydrogen-bond acceptors (Lipinski definition) is 1. The zero-order valence-electron chi connectivity index (χ0n) is 13.0. The summed E-state index contributed by atoms with van der Waals surface area (Å²) < 4.78 is 0.916. The van der Waals surface area contributed by atoms with Crippen LogP contribution in [0.15, 0.2) is 59.1 Å². The van der Waals surface area contributed by atoms with Gasteiger partial charge >= 0.3 is 0 Å². The van der Waals surface area contributed by atoms with Crippen molar-refractivity contribution in [3.05, 3.63) is 70.2 Å². The lowest BCUT2D eigenvalue weighted by atomic mass is 10.1. The van der Waals surface area contributed by atoms with Gasteiger partial charge in [-0.05, 0) is 23.8 Å². The van der Waals surface area contributed by atoms with Crippen LogP contribution >= 0.6 is 15.9 Å². The summed E-state index contributed by atoms with van der Waals surface area (Å²) in [5, 5.41) is 3.05. The molecule has 0 heterocycles. The molecule has 0 saturated carbocycles. The van der Waals surface area contributed by atoms with Crippen LogP contribution in [-0.2, 0) is 6.42 Å². The molecule has 0 spiro atoms. The quantitative estimate of drug-likeness (QED) is 0.809. The fourth-order valence-corrected chi connectivity index (χ4v) is 2.73. The van der Waals surface area contributed by atoms with E-state index in [2.05, 4.69) is 59.6 Å². The molecule has 0 aliphatic carbocycles. The van der Waals surface area contributed by atoms with Gasteiger partial charge in [0.25, 0.3) is 5.91 Å². The van der Waals surface area contributed by atoms with Gasteiger partial charge in [-0.15, -0.1) is 0 Å². The number of carbonyl (C=O) groups excluding carboxylic acids is 1. The van der Waals surface area contributed by atoms with Crippen LogP contribution < -0.4 is 10.2 Å². The third kappa shape index (κ3) is 4.97. The molecule has 2 aromatic rings. The van der Waals surface area contributed by atoms with Gasteiger partial charge in [0.2, 0.25) is 0 Å². The molecule has 2 aromatic carbocycles. The molecule has 0 aliphatic heterocycles.